The van der Waals surface area contributed by atoms with Crippen LogP contribution in [0.3, 0.4) is 0 Å². The van der Waals surface area contributed by atoms with Gasteiger partial charge >= 0.3 is 5.97 Å². The van der Waals surface area contributed by atoms with E-state index in [1.54, 1.807) is 0 Å². The molecule has 26 heavy (non-hydrogen) atoms. The number of hydrogen-bond donors (Lipinski definition) is 2. The number of amides is 1. The van der Waals surface area contributed by atoms with E-state index in [9.17, 15) is 9.59 Å². The molecule has 1 amide bonds. The van der Waals surface area contributed by atoms with Gasteiger partial charge in [0, 0.05) is 24.2 Å². The number of nitrogens with one attached hydrogen (secondary N) is 1. The summed E-state index contributed by atoms with van der Waals surface area (Å²) in [6.07, 6.45) is 4.82. The van der Waals surface area contributed by atoms with Crippen LogP contribution in [0, 0.1) is 5.92 Å². The lowest BCUT2D eigenvalue weighted by Crippen LogP contribution is -2.56. The second-order valence-electron chi connectivity index (χ2n) is 7.82. The number of benzene rings is 1. The molecule has 0 radical (unpaired) electrons. The highest BCUT2D eigenvalue weighted by atomic mass is 16.5. The molecule has 2 saturated carbocycles. The Morgan fingerprint density at radius 3 is 2.69 bits per heavy atom. The van der Waals surface area contributed by atoms with Gasteiger partial charge in [0.25, 0.3) is 0 Å². The molecule has 6 heteroatoms. The third kappa shape index (κ3) is 3.85. The van der Waals surface area contributed by atoms with Gasteiger partial charge in [-0.3, -0.25) is 14.5 Å². The van der Waals surface area contributed by atoms with E-state index in [0.29, 0.717) is 18.9 Å². The minimum atomic E-state index is -0.767. The monoisotopic (exact) mass is 358 g/mol. The molecule has 0 spiro atoms. The van der Waals surface area contributed by atoms with Crippen LogP contribution in [-0.4, -0.2) is 53.7 Å². The number of carbonyl (C=O) groups excluding carboxylic acids is 1. The number of fused-ring (bicyclic) bond motifs is 1. The molecule has 1 aromatic rings. The fraction of sp³-hybridized carbons (Fsp3) is 0.600. The van der Waals surface area contributed by atoms with Crippen LogP contribution in [0.25, 0.3) is 0 Å². The number of carboxylic acid groups (broad SMARTS) is 1. The zero-order valence-corrected chi connectivity index (χ0v) is 14.9. The van der Waals surface area contributed by atoms with Gasteiger partial charge in [0.15, 0.2) is 0 Å². The number of nitrogens with zero attached hydrogens (tertiary/aromatic N) is 1. The van der Waals surface area contributed by atoms with Gasteiger partial charge in [-0.1, -0.05) is 18.2 Å². The lowest BCUT2D eigenvalue weighted by molar-refractivity contribution is -0.140. The van der Waals surface area contributed by atoms with Crippen LogP contribution < -0.4 is 10.1 Å². The molecule has 140 valence electrons. The summed E-state index contributed by atoms with van der Waals surface area (Å²) in [5.41, 5.74) is 0.966. The first kappa shape index (κ1) is 17.3. The minimum absolute atomic E-state index is 0.0659. The normalized spacial score (nSPS) is 27.2. The maximum absolute atomic E-state index is 12.7. The van der Waals surface area contributed by atoms with E-state index in [1.807, 2.05) is 24.3 Å². The molecule has 0 bridgehead atoms. The molecule has 0 aromatic heterocycles. The quantitative estimate of drug-likeness (QED) is 0.779. The Hall–Kier alpha value is -2.08. The summed E-state index contributed by atoms with van der Waals surface area (Å²) >= 11 is 0. The Balaban J connectivity index is 1.31. The molecule has 1 aromatic carbocycles. The van der Waals surface area contributed by atoms with E-state index in [-0.39, 0.29) is 30.5 Å². The molecule has 0 saturated heterocycles. The molecule has 2 N–H and O–H groups in total. The second kappa shape index (κ2) is 7.27. The van der Waals surface area contributed by atoms with E-state index >= 15 is 0 Å². The number of ether oxygens (including phenoxy) is 1. The summed E-state index contributed by atoms with van der Waals surface area (Å²) < 4.78 is 5.64. The SMILES string of the molecule is O=C(O)CN(CC1CC1)C1CC(NC(=O)C2CCOc3ccccc32)C1. The summed E-state index contributed by atoms with van der Waals surface area (Å²) in [6.45, 7) is 1.55. The Bertz CT molecular complexity index is 682. The molecular weight excluding hydrogens is 332 g/mol. The van der Waals surface area contributed by atoms with Gasteiger partial charge in [-0.25, -0.2) is 0 Å². The molecule has 1 atom stereocenters. The highest BCUT2D eigenvalue weighted by Gasteiger charge is 2.39. The molecule has 3 aliphatic rings. The highest BCUT2D eigenvalue weighted by molar-refractivity contribution is 5.85. The van der Waals surface area contributed by atoms with Crippen molar-refractivity contribution in [3.63, 3.8) is 0 Å². The third-order valence-electron chi connectivity index (χ3n) is 5.78. The number of hydrogen-bond acceptors (Lipinski definition) is 4. The first-order chi connectivity index (χ1) is 12.6. The molecular formula is C20H26N2O4. The summed E-state index contributed by atoms with van der Waals surface area (Å²) in [6, 6.07) is 8.17. The number of rotatable bonds is 7. The van der Waals surface area contributed by atoms with Crippen molar-refractivity contribution in [3.05, 3.63) is 29.8 Å². The van der Waals surface area contributed by atoms with Gasteiger partial charge in [0.05, 0.1) is 19.1 Å². The number of carboxylic acids is 1. The van der Waals surface area contributed by atoms with Gasteiger partial charge < -0.3 is 15.2 Å². The average Bonchev–Trinajstić information content (AvgIpc) is 3.40. The van der Waals surface area contributed by atoms with Crippen LogP contribution in [0.4, 0.5) is 0 Å². The third-order valence-corrected chi connectivity index (χ3v) is 5.78. The molecule has 1 aliphatic heterocycles. The fourth-order valence-corrected chi connectivity index (χ4v) is 4.07. The van der Waals surface area contributed by atoms with Gasteiger partial charge in [-0.15, -0.1) is 0 Å². The summed E-state index contributed by atoms with van der Waals surface area (Å²) in [5.74, 6) is 0.623. The summed E-state index contributed by atoms with van der Waals surface area (Å²) in [5, 5.41) is 12.3. The minimum Gasteiger partial charge on any atom is -0.493 e. The Morgan fingerprint density at radius 2 is 1.96 bits per heavy atom. The summed E-state index contributed by atoms with van der Waals surface area (Å²) in [7, 11) is 0. The van der Waals surface area contributed by atoms with Gasteiger partial charge in [-0.05, 0) is 44.1 Å². The largest absolute Gasteiger partial charge is 0.493 e. The molecule has 2 fully saturated rings. The van der Waals surface area contributed by atoms with Gasteiger partial charge in [0.2, 0.25) is 5.91 Å². The maximum atomic E-state index is 12.7. The van der Waals surface area contributed by atoms with Crippen LogP contribution in [0.15, 0.2) is 24.3 Å². The van der Waals surface area contributed by atoms with E-state index in [0.717, 1.165) is 30.7 Å². The predicted molar refractivity (Wildman–Crippen MR) is 96.2 cm³/mol. The van der Waals surface area contributed by atoms with Crippen LogP contribution in [0.2, 0.25) is 0 Å². The van der Waals surface area contributed by atoms with E-state index in [2.05, 4.69) is 10.2 Å². The van der Waals surface area contributed by atoms with Crippen molar-refractivity contribution in [2.45, 2.75) is 50.1 Å². The van der Waals surface area contributed by atoms with Crippen LogP contribution in [-0.2, 0) is 9.59 Å². The fourth-order valence-electron chi connectivity index (χ4n) is 4.07. The molecule has 6 nitrogen and oxygen atoms in total. The second-order valence-corrected chi connectivity index (χ2v) is 7.82. The van der Waals surface area contributed by atoms with Crippen molar-refractivity contribution in [2.75, 3.05) is 19.7 Å². The topological polar surface area (TPSA) is 78.9 Å². The van der Waals surface area contributed by atoms with E-state index < -0.39 is 5.97 Å². The molecule has 4 rings (SSSR count). The number of para-hydroxylation sites is 1. The van der Waals surface area contributed by atoms with Crippen molar-refractivity contribution in [3.8, 4) is 5.75 Å². The lowest BCUT2D eigenvalue weighted by atomic mass is 9.84. The zero-order chi connectivity index (χ0) is 18.1. The number of aliphatic carboxylic acids is 1. The van der Waals surface area contributed by atoms with E-state index in [1.165, 1.54) is 12.8 Å². The van der Waals surface area contributed by atoms with Crippen molar-refractivity contribution >= 4 is 11.9 Å². The lowest BCUT2D eigenvalue weighted by Gasteiger charge is -2.43. The highest BCUT2D eigenvalue weighted by Crippen LogP contribution is 2.36. The van der Waals surface area contributed by atoms with Crippen LogP contribution >= 0.6 is 0 Å². The van der Waals surface area contributed by atoms with E-state index in [4.69, 9.17) is 9.84 Å². The van der Waals surface area contributed by atoms with Crippen LogP contribution in [0.5, 0.6) is 5.75 Å². The Kier molecular flexibility index (Phi) is 4.85. The van der Waals surface area contributed by atoms with Crippen molar-refractivity contribution in [1.29, 1.82) is 0 Å². The molecule has 2 aliphatic carbocycles. The predicted octanol–water partition coefficient (Wildman–Crippen LogP) is 2.00. The first-order valence-corrected chi connectivity index (χ1v) is 9.58. The summed E-state index contributed by atoms with van der Waals surface area (Å²) in [4.78, 5) is 25.9. The average molecular weight is 358 g/mol. The van der Waals surface area contributed by atoms with Gasteiger partial charge in [-0.2, -0.15) is 0 Å². The van der Waals surface area contributed by atoms with Gasteiger partial charge in [0.1, 0.15) is 5.75 Å². The number of carbonyl (C=O) groups is 2. The molecule has 1 unspecified atom stereocenters. The van der Waals surface area contributed by atoms with Crippen LogP contribution in [0.1, 0.15) is 43.6 Å². The van der Waals surface area contributed by atoms with Crippen molar-refractivity contribution < 1.29 is 19.4 Å². The zero-order valence-electron chi connectivity index (χ0n) is 14.9. The first-order valence-electron chi connectivity index (χ1n) is 9.58. The Labute approximate surface area is 153 Å². The van der Waals surface area contributed by atoms with Crippen molar-refractivity contribution in [2.24, 2.45) is 5.92 Å². The molecule has 1 heterocycles. The smallest absolute Gasteiger partial charge is 0.317 e. The Morgan fingerprint density at radius 1 is 1.19 bits per heavy atom. The maximum Gasteiger partial charge on any atom is 0.317 e. The standard InChI is InChI=1S/C20H26N2O4/c23-19(24)12-22(11-13-5-6-13)15-9-14(10-15)21-20(25)17-7-8-26-18-4-2-1-3-16(17)18/h1-4,13-15,17H,5-12H2,(H,21,25)(H,23,24). The van der Waals surface area contributed by atoms with Crippen molar-refractivity contribution in [1.82, 2.24) is 10.2 Å².